The second kappa shape index (κ2) is 10.4. The maximum Gasteiger partial charge on any atom is 0.306 e. The molecule has 5 heteroatoms. The Morgan fingerprint density at radius 1 is 1.23 bits per heavy atom. The highest BCUT2D eigenvalue weighted by molar-refractivity contribution is 5.69. The molecule has 0 saturated heterocycles. The molecular formula is C26H41NO4. The molecule has 0 amide bonds. The SMILES string of the molecule is CCC1(CC)CC(NCCC(CC2CCCCC2)C(=O)O)(OC)Cc2ccc(O)cc21. The lowest BCUT2D eigenvalue weighted by Crippen LogP contribution is -2.56. The number of methoxy groups -OCH3 is 1. The Morgan fingerprint density at radius 2 is 1.94 bits per heavy atom. The van der Waals surface area contributed by atoms with Crippen molar-refractivity contribution in [3.05, 3.63) is 29.3 Å². The number of ether oxygens (including phenoxy) is 1. The number of rotatable bonds is 10. The maximum absolute atomic E-state index is 11.9. The Balaban J connectivity index is 1.71. The molecule has 0 heterocycles. The smallest absolute Gasteiger partial charge is 0.306 e. The molecule has 3 rings (SSSR count). The summed E-state index contributed by atoms with van der Waals surface area (Å²) in [5.74, 6) is -0.0811. The fourth-order valence-electron chi connectivity index (χ4n) is 6.09. The van der Waals surface area contributed by atoms with E-state index in [2.05, 4.69) is 19.2 Å². The van der Waals surface area contributed by atoms with E-state index in [1.54, 1.807) is 13.2 Å². The summed E-state index contributed by atoms with van der Waals surface area (Å²) in [5.41, 5.74) is 1.86. The van der Waals surface area contributed by atoms with Crippen molar-refractivity contribution in [2.75, 3.05) is 13.7 Å². The minimum Gasteiger partial charge on any atom is -0.508 e. The Bertz CT molecular complexity index is 739. The summed E-state index contributed by atoms with van der Waals surface area (Å²) < 4.78 is 6.10. The fourth-order valence-corrected chi connectivity index (χ4v) is 6.09. The van der Waals surface area contributed by atoms with Gasteiger partial charge in [0.2, 0.25) is 0 Å². The molecule has 1 aromatic rings. The van der Waals surface area contributed by atoms with Crippen molar-refractivity contribution in [1.82, 2.24) is 5.32 Å². The van der Waals surface area contributed by atoms with Gasteiger partial charge in [-0.2, -0.15) is 0 Å². The van der Waals surface area contributed by atoms with Gasteiger partial charge in [0.25, 0.3) is 0 Å². The van der Waals surface area contributed by atoms with Gasteiger partial charge in [-0.1, -0.05) is 52.0 Å². The van der Waals surface area contributed by atoms with Gasteiger partial charge in [0.05, 0.1) is 5.92 Å². The summed E-state index contributed by atoms with van der Waals surface area (Å²) >= 11 is 0. The Kier molecular flexibility index (Phi) is 8.03. The third kappa shape index (κ3) is 5.43. The highest BCUT2D eigenvalue weighted by Crippen LogP contribution is 2.47. The van der Waals surface area contributed by atoms with Crippen molar-refractivity contribution in [3.8, 4) is 5.75 Å². The number of carbonyl (C=O) groups is 1. The summed E-state index contributed by atoms with van der Waals surface area (Å²) in [7, 11) is 1.76. The van der Waals surface area contributed by atoms with Crippen LogP contribution in [0.15, 0.2) is 18.2 Å². The average Bonchev–Trinajstić information content (AvgIpc) is 2.78. The number of phenolic OH excluding ortho intramolecular Hbond substituents is 1. The van der Waals surface area contributed by atoms with Gasteiger partial charge >= 0.3 is 5.97 Å². The van der Waals surface area contributed by atoms with E-state index in [1.807, 2.05) is 12.1 Å². The number of nitrogens with one attached hydrogen (secondary N) is 1. The molecule has 2 atom stereocenters. The van der Waals surface area contributed by atoms with Crippen molar-refractivity contribution >= 4 is 5.97 Å². The zero-order valence-corrected chi connectivity index (χ0v) is 19.6. The lowest BCUT2D eigenvalue weighted by Gasteiger charge is -2.48. The molecule has 0 spiro atoms. The Labute approximate surface area is 187 Å². The number of hydrogen-bond acceptors (Lipinski definition) is 4. The molecule has 3 N–H and O–H groups in total. The largest absolute Gasteiger partial charge is 0.508 e. The number of benzene rings is 1. The van der Waals surface area contributed by atoms with Crippen molar-refractivity contribution in [1.29, 1.82) is 0 Å². The Morgan fingerprint density at radius 3 is 2.55 bits per heavy atom. The van der Waals surface area contributed by atoms with Crippen LogP contribution in [0.1, 0.15) is 89.2 Å². The van der Waals surface area contributed by atoms with E-state index in [9.17, 15) is 15.0 Å². The van der Waals surface area contributed by atoms with Gasteiger partial charge in [-0.05, 0) is 73.2 Å². The highest BCUT2D eigenvalue weighted by atomic mass is 16.5. The van der Waals surface area contributed by atoms with Crippen LogP contribution in [0.5, 0.6) is 5.75 Å². The molecular weight excluding hydrogens is 390 g/mol. The van der Waals surface area contributed by atoms with Gasteiger partial charge in [-0.3, -0.25) is 10.1 Å². The molecule has 1 saturated carbocycles. The first-order chi connectivity index (χ1) is 14.9. The molecule has 174 valence electrons. The van der Waals surface area contributed by atoms with Crippen molar-refractivity contribution < 1.29 is 19.7 Å². The van der Waals surface area contributed by atoms with Gasteiger partial charge in [-0.25, -0.2) is 0 Å². The third-order valence-electron chi connectivity index (χ3n) is 8.14. The molecule has 31 heavy (non-hydrogen) atoms. The van der Waals surface area contributed by atoms with Gasteiger partial charge in [0, 0.05) is 13.5 Å². The van der Waals surface area contributed by atoms with Crippen LogP contribution in [0.2, 0.25) is 0 Å². The molecule has 0 aliphatic heterocycles. The van der Waals surface area contributed by atoms with Crippen LogP contribution in [-0.4, -0.2) is 35.6 Å². The number of carboxylic acid groups (broad SMARTS) is 1. The predicted molar refractivity (Wildman–Crippen MR) is 123 cm³/mol. The quantitative estimate of drug-likeness (QED) is 0.433. The lowest BCUT2D eigenvalue weighted by molar-refractivity contribution is -0.143. The number of phenols is 1. The highest BCUT2D eigenvalue weighted by Gasteiger charge is 2.46. The summed E-state index contributed by atoms with van der Waals surface area (Å²) in [6.45, 7) is 5.04. The standard InChI is InChI=1S/C26H41NO4/c1-4-25(5-2)18-26(31-3,17-21-11-12-22(28)16-23(21)25)27-14-13-20(24(29)30)15-19-9-7-6-8-10-19/h11-12,16,19-20,27-28H,4-10,13-15,17-18H2,1-3H3,(H,29,30). The summed E-state index contributed by atoms with van der Waals surface area (Å²) in [6, 6.07) is 5.69. The van der Waals surface area contributed by atoms with Crippen LogP contribution in [0.3, 0.4) is 0 Å². The first-order valence-corrected chi connectivity index (χ1v) is 12.2. The minimum absolute atomic E-state index is 0.0658. The Hall–Kier alpha value is -1.59. The summed E-state index contributed by atoms with van der Waals surface area (Å²) in [4.78, 5) is 11.9. The van der Waals surface area contributed by atoms with E-state index < -0.39 is 11.7 Å². The van der Waals surface area contributed by atoms with Gasteiger partial charge in [-0.15, -0.1) is 0 Å². The molecule has 0 aromatic heterocycles. The molecule has 1 aromatic carbocycles. The topological polar surface area (TPSA) is 78.8 Å². The minimum atomic E-state index is -0.667. The van der Waals surface area contributed by atoms with Crippen LogP contribution in [0.25, 0.3) is 0 Å². The van der Waals surface area contributed by atoms with Gasteiger partial charge < -0.3 is 14.9 Å². The molecule has 0 bridgehead atoms. The monoisotopic (exact) mass is 431 g/mol. The number of aliphatic carboxylic acids is 1. The number of carboxylic acids is 1. The number of hydrogen-bond donors (Lipinski definition) is 3. The molecule has 2 aliphatic carbocycles. The van der Waals surface area contributed by atoms with E-state index in [1.165, 1.54) is 43.2 Å². The second-order valence-electron chi connectivity index (χ2n) is 9.87. The molecule has 1 fully saturated rings. The second-order valence-corrected chi connectivity index (χ2v) is 9.87. The number of aromatic hydroxyl groups is 1. The lowest BCUT2D eigenvalue weighted by atomic mass is 9.64. The third-order valence-corrected chi connectivity index (χ3v) is 8.14. The van der Waals surface area contributed by atoms with Crippen LogP contribution >= 0.6 is 0 Å². The normalized spacial score (nSPS) is 24.5. The van der Waals surface area contributed by atoms with Crippen LogP contribution < -0.4 is 5.32 Å². The summed E-state index contributed by atoms with van der Waals surface area (Å²) in [6.07, 6.45) is 11.0. The number of fused-ring (bicyclic) bond motifs is 1. The van der Waals surface area contributed by atoms with E-state index in [-0.39, 0.29) is 11.3 Å². The summed E-state index contributed by atoms with van der Waals surface area (Å²) in [5, 5.41) is 23.5. The zero-order valence-electron chi connectivity index (χ0n) is 19.6. The van der Waals surface area contributed by atoms with E-state index in [0.29, 0.717) is 24.6 Å². The van der Waals surface area contributed by atoms with Crippen molar-refractivity contribution in [3.63, 3.8) is 0 Å². The van der Waals surface area contributed by atoms with Crippen LogP contribution in [0, 0.1) is 11.8 Å². The van der Waals surface area contributed by atoms with E-state index in [4.69, 9.17) is 4.74 Å². The van der Waals surface area contributed by atoms with Crippen molar-refractivity contribution in [2.45, 2.75) is 95.6 Å². The van der Waals surface area contributed by atoms with E-state index >= 15 is 0 Å². The first kappa shape index (κ1) is 24.1. The first-order valence-electron chi connectivity index (χ1n) is 12.2. The molecule has 2 unspecified atom stereocenters. The van der Waals surface area contributed by atoms with Crippen molar-refractivity contribution in [2.24, 2.45) is 11.8 Å². The van der Waals surface area contributed by atoms with Crippen LogP contribution in [0.4, 0.5) is 0 Å². The maximum atomic E-state index is 11.9. The van der Waals surface area contributed by atoms with E-state index in [0.717, 1.165) is 32.1 Å². The molecule has 5 nitrogen and oxygen atoms in total. The fraction of sp³-hybridized carbons (Fsp3) is 0.731. The van der Waals surface area contributed by atoms with Gasteiger partial charge in [0.1, 0.15) is 11.5 Å². The zero-order chi connectivity index (χ0) is 22.5. The predicted octanol–water partition coefficient (Wildman–Crippen LogP) is 5.39. The van der Waals surface area contributed by atoms with Crippen LogP contribution in [-0.2, 0) is 21.4 Å². The molecule has 2 aliphatic rings. The molecule has 0 radical (unpaired) electrons. The average molecular weight is 432 g/mol. The van der Waals surface area contributed by atoms with Gasteiger partial charge in [0.15, 0.2) is 0 Å².